The van der Waals surface area contributed by atoms with Crippen LogP contribution in [0.25, 0.3) is 0 Å². The van der Waals surface area contributed by atoms with Crippen molar-refractivity contribution in [3.8, 4) is 0 Å². The second-order valence-corrected chi connectivity index (χ2v) is 4.61. The zero-order chi connectivity index (χ0) is 9.84. The molecule has 0 fully saturated rings. The van der Waals surface area contributed by atoms with Crippen LogP contribution >= 0.6 is 11.6 Å². The molecule has 72 valence electrons. The highest BCUT2D eigenvalue weighted by molar-refractivity contribution is 6.20. The summed E-state index contributed by atoms with van der Waals surface area (Å²) >= 11 is 5.96. The summed E-state index contributed by atoms with van der Waals surface area (Å²) < 4.78 is 0. The lowest BCUT2D eigenvalue weighted by atomic mass is 10.0. The second-order valence-electron chi connectivity index (χ2n) is 3.96. The lowest BCUT2D eigenvalue weighted by Crippen LogP contribution is -1.94. The quantitative estimate of drug-likeness (QED) is 0.637. The van der Waals surface area contributed by atoms with Crippen molar-refractivity contribution in [3.63, 3.8) is 0 Å². The highest BCUT2D eigenvalue weighted by Gasteiger charge is 2.01. The number of rotatable bonds is 3. The van der Waals surface area contributed by atoms with Gasteiger partial charge < -0.3 is 0 Å². The molecule has 0 aliphatic carbocycles. The molecule has 1 aromatic carbocycles. The zero-order valence-corrected chi connectivity index (χ0v) is 9.31. The fourth-order valence-corrected chi connectivity index (χ4v) is 1.54. The third-order valence-electron chi connectivity index (χ3n) is 2.08. The Balaban J connectivity index is 2.70. The van der Waals surface area contributed by atoms with Crippen LogP contribution in [0.1, 0.15) is 37.3 Å². The smallest absolute Gasteiger partial charge is 0.0557 e. The van der Waals surface area contributed by atoms with Gasteiger partial charge in [-0.25, -0.2) is 0 Å². The van der Waals surface area contributed by atoms with Gasteiger partial charge in [0.1, 0.15) is 0 Å². The van der Waals surface area contributed by atoms with Gasteiger partial charge >= 0.3 is 0 Å². The fourth-order valence-electron chi connectivity index (χ4n) is 1.39. The first-order chi connectivity index (χ1) is 6.09. The van der Waals surface area contributed by atoms with Gasteiger partial charge in [-0.1, -0.05) is 38.1 Å². The number of hydrogen-bond acceptors (Lipinski definition) is 0. The minimum Gasteiger partial charge on any atom is -0.118 e. The second kappa shape index (κ2) is 4.66. The molecule has 0 saturated carbocycles. The van der Waals surface area contributed by atoms with Gasteiger partial charge in [-0.15, -0.1) is 11.6 Å². The van der Waals surface area contributed by atoms with Gasteiger partial charge in [0.05, 0.1) is 5.38 Å². The van der Waals surface area contributed by atoms with E-state index in [0.717, 1.165) is 12.3 Å². The molecule has 0 saturated heterocycles. The first-order valence-electron chi connectivity index (χ1n) is 4.82. The van der Waals surface area contributed by atoms with Crippen LogP contribution in [0.3, 0.4) is 0 Å². The Kier molecular flexibility index (Phi) is 3.80. The molecular weight excluding hydrogens is 180 g/mol. The Labute approximate surface area is 85.9 Å². The van der Waals surface area contributed by atoms with E-state index in [-0.39, 0.29) is 5.38 Å². The normalized spacial score (nSPS) is 13.3. The van der Waals surface area contributed by atoms with Crippen LogP contribution in [-0.2, 0) is 6.42 Å². The van der Waals surface area contributed by atoms with Crippen molar-refractivity contribution in [2.75, 3.05) is 0 Å². The van der Waals surface area contributed by atoms with Gasteiger partial charge in [-0.2, -0.15) is 0 Å². The van der Waals surface area contributed by atoms with Crippen LogP contribution in [0.2, 0.25) is 0 Å². The van der Waals surface area contributed by atoms with E-state index < -0.39 is 0 Å². The average Bonchev–Trinajstić information content (AvgIpc) is 2.04. The van der Waals surface area contributed by atoms with Crippen LogP contribution < -0.4 is 0 Å². The highest BCUT2D eigenvalue weighted by Crippen LogP contribution is 2.20. The first kappa shape index (κ1) is 10.6. The summed E-state index contributed by atoms with van der Waals surface area (Å²) in [6.07, 6.45) is 1.15. The number of alkyl halides is 1. The lowest BCUT2D eigenvalue weighted by molar-refractivity contribution is 0.647. The number of benzene rings is 1. The molecule has 0 N–H and O–H groups in total. The standard InChI is InChI=1S/C12H17Cl/c1-9(2)8-11-4-6-12(7-5-11)10(3)13/h4-7,9-10H,8H2,1-3H3/t10-/m0/s1. The molecule has 0 spiro atoms. The summed E-state index contributed by atoms with van der Waals surface area (Å²) in [6.45, 7) is 6.47. The monoisotopic (exact) mass is 196 g/mol. The van der Waals surface area contributed by atoms with E-state index in [1.54, 1.807) is 0 Å². The molecule has 13 heavy (non-hydrogen) atoms. The summed E-state index contributed by atoms with van der Waals surface area (Å²) in [5.41, 5.74) is 2.60. The highest BCUT2D eigenvalue weighted by atomic mass is 35.5. The Morgan fingerprint density at radius 3 is 2.00 bits per heavy atom. The first-order valence-corrected chi connectivity index (χ1v) is 5.26. The van der Waals surface area contributed by atoms with Crippen LogP contribution in [0, 0.1) is 5.92 Å². The Morgan fingerprint density at radius 2 is 1.62 bits per heavy atom. The van der Waals surface area contributed by atoms with Gasteiger partial charge in [0.2, 0.25) is 0 Å². The molecule has 0 aliphatic heterocycles. The van der Waals surface area contributed by atoms with E-state index in [0.29, 0.717) is 0 Å². The van der Waals surface area contributed by atoms with E-state index in [1.165, 1.54) is 11.1 Å². The summed E-state index contributed by atoms with van der Waals surface area (Å²) in [7, 11) is 0. The molecule has 0 radical (unpaired) electrons. The molecule has 0 bridgehead atoms. The minimum atomic E-state index is 0.119. The van der Waals surface area contributed by atoms with E-state index in [9.17, 15) is 0 Å². The van der Waals surface area contributed by atoms with E-state index >= 15 is 0 Å². The van der Waals surface area contributed by atoms with Gasteiger partial charge in [0, 0.05) is 0 Å². The zero-order valence-electron chi connectivity index (χ0n) is 8.55. The molecule has 0 heterocycles. The van der Waals surface area contributed by atoms with Crippen molar-refractivity contribution in [2.45, 2.75) is 32.6 Å². The van der Waals surface area contributed by atoms with Crippen molar-refractivity contribution in [1.82, 2.24) is 0 Å². The molecule has 1 rings (SSSR count). The molecule has 0 amide bonds. The van der Waals surface area contributed by atoms with Crippen molar-refractivity contribution in [3.05, 3.63) is 35.4 Å². The molecule has 0 aromatic heterocycles. The van der Waals surface area contributed by atoms with E-state index in [4.69, 9.17) is 11.6 Å². The van der Waals surface area contributed by atoms with Crippen molar-refractivity contribution >= 4 is 11.6 Å². The Bertz CT molecular complexity index is 246. The predicted octanol–water partition coefficient (Wildman–Crippen LogP) is 4.18. The maximum atomic E-state index is 5.96. The Morgan fingerprint density at radius 1 is 1.08 bits per heavy atom. The number of halogens is 1. The minimum absolute atomic E-state index is 0.119. The third-order valence-corrected chi connectivity index (χ3v) is 2.33. The largest absolute Gasteiger partial charge is 0.118 e. The molecule has 1 heteroatoms. The maximum absolute atomic E-state index is 5.96. The molecule has 1 aromatic rings. The SMILES string of the molecule is CC(C)Cc1ccc([C@H](C)Cl)cc1. The Hall–Kier alpha value is -0.490. The van der Waals surface area contributed by atoms with Gasteiger partial charge in [0.25, 0.3) is 0 Å². The average molecular weight is 197 g/mol. The maximum Gasteiger partial charge on any atom is 0.0557 e. The summed E-state index contributed by atoms with van der Waals surface area (Å²) in [5.74, 6) is 0.722. The topological polar surface area (TPSA) is 0 Å². The molecule has 1 atom stereocenters. The van der Waals surface area contributed by atoms with Gasteiger partial charge in [-0.05, 0) is 30.4 Å². The number of hydrogen-bond donors (Lipinski definition) is 0. The van der Waals surface area contributed by atoms with Crippen LogP contribution in [0.4, 0.5) is 0 Å². The predicted molar refractivity (Wildman–Crippen MR) is 59.3 cm³/mol. The summed E-state index contributed by atoms with van der Waals surface area (Å²) in [4.78, 5) is 0. The van der Waals surface area contributed by atoms with E-state index in [2.05, 4.69) is 38.1 Å². The fraction of sp³-hybridized carbons (Fsp3) is 0.500. The molecular formula is C12H17Cl. The molecule has 0 unspecified atom stereocenters. The van der Waals surface area contributed by atoms with E-state index in [1.807, 2.05) is 6.92 Å². The van der Waals surface area contributed by atoms with Gasteiger partial charge in [-0.3, -0.25) is 0 Å². The third kappa shape index (κ3) is 3.40. The molecule has 0 aliphatic rings. The van der Waals surface area contributed by atoms with Crippen molar-refractivity contribution in [1.29, 1.82) is 0 Å². The van der Waals surface area contributed by atoms with Crippen LogP contribution in [0.15, 0.2) is 24.3 Å². The molecule has 0 nitrogen and oxygen atoms in total. The van der Waals surface area contributed by atoms with Crippen LogP contribution in [0.5, 0.6) is 0 Å². The lowest BCUT2D eigenvalue weighted by Gasteiger charge is -2.07. The van der Waals surface area contributed by atoms with Crippen molar-refractivity contribution in [2.24, 2.45) is 5.92 Å². The summed E-state index contributed by atoms with van der Waals surface area (Å²) in [6, 6.07) is 8.59. The van der Waals surface area contributed by atoms with Gasteiger partial charge in [0.15, 0.2) is 0 Å². The summed E-state index contributed by atoms with van der Waals surface area (Å²) in [5, 5.41) is 0.119. The van der Waals surface area contributed by atoms with Crippen LogP contribution in [-0.4, -0.2) is 0 Å². The van der Waals surface area contributed by atoms with Crippen molar-refractivity contribution < 1.29 is 0 Å².